The quantitative estimate of drug-likeness (QED) is 0.823. The molecular formula is C14H20O3. The van der Waals surface area contributed by atoms with Gasteiger partial charge in [0.1, 0.15) is 5.75 Å². The molecule has 1 unspecified atom stereocenters. The molecule has 0 amide bonds. The lowest BCUT2D eigenvalue weighted by Crippen LogP contribution is -2.26. The molecule has 17 heavy (non-hydrogen) atoms. The fourth-order valence-corrected chi connectivity index (χ4v) is 1.95. The van der Waals surface area contributed by atoms with E-state index < -0.39 is 11.4 Å². The summed E-state index contributed by atoms with van der Waals surface area (Å²) >= 11 is 0. The van der Waals surface area contributed by atoms with Crippen molar-refractivity contribution in [2.75, 3.05) is 0 Å². The molecule has 1 rings (SSSR count). The van der Waals surface area contributed by atoms with Crippen LogP contribution < -0.4 is 0 Å². The maximum atomic E-state index is 11.1. The van der Waals surface area contributed by atoms with E-state index in [9.17, 15) is 9.90 Å². The predicted octanol–water partition coefficient (Wildman–Crippen LogP) is 3.39. The summed E-state index contributed by atoms with van der Waals surface area (Å²) in [7, 11) is 0. The number of aromatic hydroxyl groups is 1. The molecule has 0 heterocycles. The predicted molar refractivity (Wildman–Crippen MR) is 67.2 cm³/mol. The smallest absolute Gasteiger partial charge is 0.309 e. The Kier molecular flexibility index (Phi) is 4.16. The Morgan fingerprint density at radius 3 is 2.24 bits per heavy atom. The standard InChI is InChI=1S/C14H20O3/c1-4-10(9-14(2,3)13(16)17)11-5-7-12(15)8-6-11/h5-8,10,15H,4,9H2,1-3H3,(H,16,17). The average Bonchev–Trinajstić information content (AvgIpc) is 2.27. The van der Waals surface area contributed by atoms with Crippen LogP contribution >= 0.6 is 0 Å². The molecule has 1 aromatic carbocycles. The van der Waals surface area contributed by atoms with Crippen LogP contribution in [0.4, 0.5) is 0 Å². The van der Waals surface area contributed by atoms with Crippen molar-refractivity contribution in [2.45, 2.75) is 39.5 Å². The summed E-state index contributed by atoms with van der Waals surface area (Å²) in [5.74, 6) is -0.322. The topological polar surface area (TPSA) is 57.5 Å². The summed E-state index contributed by atoms with van der Waals surface area (Å²) in [5.41, 5.74) is 0.359. The maximum absolute atomic E-state index is 11.1. The molecule has 0 saturated carbocycles. The first kappa shape index (κ1) is 13.6. The first-order valence-electron chi connectivity index (χ1n) is 5.89. The second-order valence-electron chi connectivity index (χ2n) is 5.09. The molecule has 0 radical (unpaired) electrons. The molecular weight excluding hydrogens is 216 g/mol. The van der Waals surface area contributed by atoms with Crippen LogP contribution in [-0.4, -0.2) is 16.2 Å². The van der Waals surface area contributed by atoms with E-state index in [4.69, 9.17) is 5.11 Å². The van der Waals surface area contributed by atoms with Crippen molar-refractivity contribution in [3.05, 3.63) is 29.8 Å². The Bertz CT molecular complexity index is 379. The monoisotopic (exact) mass is 236 g/mol. The lowest BCUT2D eigenvalue weighted by atomic mass is 9.79. The minimum absolute atomic E-state index is 0.210. The molecule has 0 saturated heterocycles. The minimum atomic E-state index is -0.769. The van der Waals surface area contributed by atoms with E-state index in [1.807, 2.05) is 12.1 Å². The van der Waals surface area contributed by atoms with Crippen LogP contribution in [0.2, 0.25) is 0 Å². The van der Waals surface area contributed by atoms with E-state index in [1.165, 1.54) is 0 Å². The van der Waals surface area contributed by atoms with Gasteiger partial charge in [-0.15, -0.1) is 0 Å². The third-order valence-electron chi connectivity index (χ3n) is 3.19. The number of carbonyl (C=O) groups is 1. The first-order chi connectivity index (χ1) is 7.86. The van der Waals surface area contributed by atoms with Gasteiger partial charge in [-0.05, 0) is 50.3 Å². The number of rotatable bonds is 5. The highest BCUT2D eigenvalue weighted by Crippen LogP contribution is 2.34. The molecule has 0 fully saturated rings. The molecule has 0 aliphatic rings. The molecule has 3 nitrogen and oxygen atoms in total. The molecule has 0 aliphatic heterocycles. The third kappa shape index (κ3) is 3.48. The van der Waals surface area contributed by atoms with Gasteiger partial charge in [-0.25, -0.2) is 0 Å². The van der Waals surface area contributed by atoms with E-state index in [1.54, 1.807) is 26.0 Å². The van der Waals surface area contributed by atoms with Gasteiger partial charge < -0.3 is 10.2 Å². The highest BCUT2D eigenvalue weighted by Gasteiger charge is 2.30. The van der Waals surface area contributed by atoms with Crippen molar-refractivity contribution in [3.63, 3.8) is 0 Å². The number of benzene rings is 1. The molecule has 0 aliphatic carbocycles. The lowest BCUT2D eigenvalue weighted by molar-refractivity contribution is -0.147. The fraction of sp³-hybridized carbons (Fsp3) is 0.500. The van der Waals surface area contributed by atoms with Gasteiger partial charge in [0, 0.05) is 0 Å². The van der Waals surface area contributed by atoms with Gasteiger partial charge in [0.2, 0.25) is 0 Å². The lowest BCUT2D eigenvalue weighted by Gasteiger charge is -2.25. The Labute approximate surface area is 102 Å². The van der Waals surface area contributed by atoms with Gasteiger partial charge in [0.05, 0.1) is 5.41 Å². The SMILES string of the molecule is CCC(CC(C)(C)C(=O)O)c1ccc(O)cc1. The Balaban J connectivity index is 2.86. The van der Waals surface area contributed by atoms with Crippen molar-refractivity contribution >= 4 is 5.97 Å². The molecule has 0 spiro atoms. The Morgan fingerprint density at radius 2 is 1.82 bits per heavy atom. The van der Waals surface area contributed by atoms with Crippen LogP contribution in [-0.2, 0) is 4.79 Å². The number of carboxylic acid groups (broad SMARTS) is 1. The number of aliphatic carboxylic acids is 1. The van der Waals surface area contributed by atoms with Gasteiger partial charge in [-0.1, -0.05) is 19.1 Å². The third-order valence-corrected chi connectivity index (χ3v) is 3.19. The van der Waals surface area contributed by atoms with E-state index in [0.717, 1.165) is 12.0 Å². The second-order valence-corrected chi connectivity index (χ2v) is 5.09. The summed E-state index contributed by atoms with van der Waals surface area (Å²) in [6, 6.07) is 7.01. The fourth-order valence-electron chi connectivity index (χ4n) is 1.95. The van der Waals surface area contributed by atoms with Crippen LogP contribution in [0.3, 0.4) is 0 Å². The summed E-state index contributed by atoms with van der Waals surface area (Å²) < 4.78 is 0. The zero-order chi connectivity index (χ0) is 13.1. The van der Waals surface area contributed by atoms with Crippen molar-refractivity contribution in [3.8, 4) is 5.75 Å². The van der Waals surface area contributed by atoms with Crippen LogP contribution in [0.15, 0.2) is 24.3 Å². The highest BCUT2D eigenvalue weighted by molar-refractivity contribution is 5.73. The summed E-state index contributed by atoms with van der Waals surface area (Å²) in [5, 5.41) is 18.4. The Hall–Kier alpha value is -1.51. The van der Waals surface area contributed by atoms with E-state index >= 15 is 0 Å². The molecule has 2 N–H and O–H groups in total. The summed E-state index contributed by atoms with van der Waals surface area (Å²) in [6.45, 7) is 5.55. The molecule has 1 aromatic rings. The number of phenols is 1. The van der Waals surface area contributed by atoms with Gasteiger partial charge in [0.25, 0.3) is 0 Å². The number of hydrogen-bond acceptors (Lipinski definition) is 2. The highest BCUT2D eigenvalue weighted by atomic mass is 16.4. The zero-order valence-electron chi connectivity index (χ0n) is 10.6. The molecule has 1 atom stereocenters. The number of carboxylic acids is 1. The molecule has 0 aromatic heterocycles. The van der Waals surface area contributed by atoms with Crippen molar-refractivity contribution in [2.24, 2.45) is 5.41 Å². The van der Waals surface area contributed by atoms with Gasteiger partial charge in [-0.3, -0.25) is 4.79 Å². The van der Waals surface area contributed by atoms with Crippen LogP contribution in [0.5, 0.6) is 5.75 Å². The average molecular weight is 236 g/mol. The number of hydrogen-bond donors (Lipinski definition) is 2. The van der Waals surface area contributed by atoms with Crippen LogP contribution in [0.25, 0.3) is 0 Å². The van der Waals surface area contributed by atoms with Crippen LogP contribution in [0.1, 0.15) is 45.1 Å². The van der Waals surface area contributed by atoms with Crippen LogP contribution in [0, 0.1) is 5.41 Å². The van der Waals surface area contributed by atoms with E-state index in [2.05, 4.69) is 6.92 Å². The zero-order valence-corrected chi connectivity index (χ0v) is 10.6. The van der Waals surface area contributed by atoms with Gasteiger partial charge in [0.15, 0.2) is 0 Å². The van der Waals surface area contributed by atoms with Crippen molar-refractivity contribution < 1.29 is 15.0 Å². The van der Waals surface area contributed by atoms with Crippen molar-refractivity contribution in [1.82, 2.24) is 0 Å². The molecule has 3 heteroatoms. The molecule has 0 bridgehead atoms. The summed E-state index contributed by atoms with van der Waals surface area (Å²) in [6.07, 6.45) is 1.49. The largest absolute Gasteiger partial charge is 0.508 e. The van der Waals surface area contributed by atoms with Gasteiger partial charge in [-0.2, -0.15) is 0 Å². The van der Waals surface area contributed by atoms with E-state index in [-0.39, 0.29) is 11.7 Å². The van der Waals surface area contributed by atoms with Crippen molar-refractivity contribution in [1.29, 1.82) is 0 Å². The normalized spacial score (nSPS) is 13.4. The maximum Gasteiger partial charge on any atom is 0.309 e. The van der Waals surface area contributed by atoms with E-state index in [0.29, 0.717) is 6.42 Å². The minimum Gasteiger partial charge on any atom is -0.508 e. The van der Waals surface area contributed by atoms with Gasteiger partial charge >= 0.3 is 5.97 Å². The number of phenolic OH excluding ortho intramolecular Hbond substituents is 1. The first-order valence-corrected chi connectivity index (χ1v) is 5.89. The molecule has 94 valence electrons. The summed E-state index contributed by atoms with van der Waals surface area (Å²) in [4.78, 5) is 11.1. The Morgan fingerprint density at radius 1 is 1.29 bits per heavy atom. The second kappa shape index (κ2) is 5.21.